The molecule has 126 valence electrons. The summed E-state index contributed by atoms with van der Waals surface area (Å²) in [5.41, 5.74) is 1.83. The molecule has 2 aliphatic rings. The van der Waals surface area contributed by atoms with Crippen LogP contribution in [-0.4, -0.2) is 62.4 Å². The molecule has 1 aliphatic heterocycles. The molecule has 0 bridgehead atoms. The summed E-state index contributed by atoms with van der Waals surface area (Å²) in [5.74, 6) is 0. The molecule has 2 fully saturated rings. The van der Waals surface area contributed by atoms with Crippen LogP contribution >= 0.6 is 0 Å². The fourth-order valence-electron chi connectivity index (χ4n) is 2.90. The van der Waals surface area contributed by atoms with Gasteiger partial charge in [0.2, 0.25) is 0 Å². The number of carbonyl (C=O) groups excluding carboxylic acids is 1. The molecule has 0 unspecified atom stereocenters. The highest BCUT2D eigenvalue weighted by Gasteiger charge is 2.42. The van der Waals surface area contributed by atoms with Gasteiger partial charge in [0.15, 0.2) is 0 Å². The summed E-state index contributed by atoms with van der Waals surface area (Å²) in [5, 5.41) is 15.2. The second-order valence-electron chi connectivity index (χ2n) is 6.77. The first kappa shape index (κ1) is 16.1. The van der Waals surface area contributed by atoms with E-state index in [1.165, 1.54) is 0 Å². The van der Waals surface area contributed by atoms with Crippen molar-refractivity contribution < 1.29 is 9.90 Å². The number of hydrogen-bond donors (Lipinski definition) is 3. The number of carbonyl (C=O) groups is 1. The van der Waals surface area contributed by atoms with Crippen molar-refractivity contribution in [2.24, 2.45) is 5.41 Å². The average molecular weight is 318 g/mol. The number of piperazine rings is 1. The van der Waals surface area contributed by atoms with E-state index in [9.17, 15) is 9.90 Å². The number of amides is 2. The molecule has 23 heavy (non-hydrogen) atoms. The summed E-state index contributed by atoms with van der Waals surface area (Å²) in [6, 6.07) is 7.72. The second-order valence-corrected chi connectivity index (χ2v) is 6.77. The maximum absolute atomic E-state index is 12.2. The Morgan fingerprint density at radius 3 is 2.57 bits per heavy atom. The molecule has 6 nitrogen and oxygen atoms in total. The Hall–Kier alpha value is -1.79. The summed E-state index contributed by atoms with van der Waals surface area (Å²) in [6.45, 7) is 4.66. The van der Waals surface area contributed by atoms with Crippen LogP contribution in [0.3, 0.4) is 0 Å². The van der Waals surface area contributed by atoms with Gasteiger partial charge in [0.25, 0.3) is 0 Å². The second kappa shape index (κ2) is 6.76. The standard InChI is InChI=1S/C17H26N4O2/c1-20-8-10-21(11-9-20)15-5-3-2-4-14(15)19-16(23)18-12-17(13-22)6-7-17/h2-5,22H,6-13H2,1H3,(H2,18,19,23). The van der Waals surface area contributed by atoms with E-state index in [1.54, 1.807) is 0 Å². The fourth-order valence-corrected chi connectivity index (χ4v) is 2.90. The predicted octanol–water partition coefficient (Wildman–Crippen LogP) is 1.33. The Bertz CT molecular complexity index is 551. The lowest BCUT2D eigenvalue weighted by atomic mass is 10.1. The van der Waals surface area contributed by atoms with Crippen molar-refractivity contribution in [1.82, 2.24) is 10.2 Å². The topological polar surface area (TPSA) is 67.8 Å². The lowest BCUT2D eigenvalue weighted by Crippen LogP contribution is -2.45. The van der Waals surface area contributed by atoms with Crippen molar-refractivity contribution in [1.29, 1.82) is 0 Å². The number of nitrogens with one attached hydrogen (secondary N) is 2. The molecule has 1 aromatic carbocycles. The molecule has 1 saturated heterocycles. The van der Waals surface area contributed by atoms with Crippen molar-refractivity contribution >= 4 is 17.4 Å². The maximum atomic E-state index is 12.2. The van der Waals surface area contributed by atoms with Gasteiger partial charge < -0.3 is 25.5 Å². The first-order valence-corrected chi connectivity index (χ1v) is 8.30. The third kappa shape index (κ3) is 3.95. The molecule has 3 rings (SSSR count). The molecule has 3 N–H and O–H groups in total. The number of para-hydroxylation sites is 2. The van der Waals surface area contributed by atoms with E-state index in [-0.39, 0.29) is 18.1 Å². The van der Waals surface area contributed by atoms with Crippen LogP contribution in [0.5, 0.6) is 0 Å². The van der Waals surface area contributed by atoms with E-state index < -0.39 is 0 Å². The van der Waals surface area contributed by atoms with E-state index in [0.717, 1.165) is 50.4 Å². The van der Waals surface area contributed by atoms with Crippen LogP contribution in [0.25, 0.3) is 0 Å². The van der Waals surface area contributed by atoms with Crippen molar-refractivity contribution in [3.63, 3.8) is 0 Å². The molecule has 0 atom stereocenters. The lowest BCUT2D eigenvalue weighted by Gasteiger charge is -2.35. The zero-order valence-electron chi connectivity index (χ0n) is 13.7. The van der Waals surface area contributed by atoms with Gasteiger partial charge >= 0.3 is 6.03 Å². The van der Waals surface area contributed by atoms with Crippen LogP contribution in [0.1, 0.15) is 12.8 Å². The Morgan fingerprint density at radius 1 is 1.22 bits per heavy atom. The number of urea groups is 1. The van der Waals surface area contributed by atoms with E-state index in [0.29, 0.717) is 6.54 Å². The first-order chi connectivity index (χ1) is 11.1. The molecule has 0 aromatic heterocycles. The quantitative estimate of drug-likeness (QED) is 0.766. The van der Waals surface area contributed by atoms with Gasteiger partial charge in [0.05, 0.1) is 18.0 Å². The van der Waals surface area contributed by atoms with Gasteiger partial charge in [-0.25, -0.2) is 4.79 Å². The van der Waals surface area contributed by atoms with E-state index in [2.05, 4.69) is 33.5 Å². The molecule has 0 radical (unpaired) electrons. The predicted molar refractivity (Wildman–Crippen MR) is 91.9 cm³/mol. The minimum absolute atomic E-state index is 0.0751. The van der Waals surface area contributed by atoms with E-state index in [1.807, 2.05) is 18.2 Å². The monoisotopic (exact) mass is 318 g/mol. The van der Waals surface area contributed by atoms with Crippen molar-refractivity contribution in [3.8, 4) is 0 Å². The van der Waals surface area contributed by atoms with E-state index >= 15 is 0 Å². The molecule has 0 spiro atoms. The molecule has 1 aliphatic carbocycles. The van der Waals surface area contributed by atoms with Gasteiger partial charge in [-0.2, -0.15) is 0 Å². The third-order valence-electron chi connectivity index (χ3n) is 4.91. The van der Waals surface area contributed by atoms with Crippen molar-refractivity contribution in [2.45, 2.75) is 12.8 Å². The molecule has 2 amide bonds. The minimum Gasteiger partial charge on any atom is -0.396 e. The van der Waals surface area contributed by atoms with Gasteiger partial charge in [-0.15, -0.1) is 0 Å². The number of nitrogens with zero attached hydrogens (tertiary/aromatic N) is 2. The van der Waals surface area contributed by atoms with Gasteiger partial charge in [-0.3, -0.25) is 0 Å². The normalized spacial score (nSPS) is 20.2. The van der Waals surface area contributed by atoms with Crippen LogP contribution < -0.4 is 15.5 Å². The lowest BCUT2D eigenvalue weighted by molar-refractivity contribution is 0.206. The minimum atomic E-state index is -0.202. The van der Waals surface area contributed by atoms with Gasteiger partial charge in [-0.05, 0) is 32.0 Å². The molecule has 1 heterocycles. The Balaban J connectivity index is 1.60. The number of hydrogen-bond acceptors (Lipinski definition) is 4. The molecular formula is C17H26N4O2. The van der Waals surface area contributed by atoms with Gasteiger partial charge in [0.1, 0.15) is 0 Å². The molecule has 1 aromatic rings. The van der Waals surface area contributed by atoms with Crippen LogP contribution in [0.2, 0.25) is 0 Å². The summed E-state index contributed by atoms with van der Waals surface area (Å²) in [4.78, 5) is 16.8. The summed E-state index contributed by atoms with van der Waals surface area (Å²) >= 11 is 0. The number of aliphatic hydroxyl groups excluding tert-OH is 1. The highest BCUT2D eigenvalue weighted by molar-refractivity contribution is 5.93. The highest BCUT2D eigenvalue weighted by atomic mass is 16.3. The molecular weight excluding hydrogens is 292 g/mol. The highest BCUT2D eigenvalue weighted by Crippen LogP contribution is 2.44. The van der Waals surface area contributed by atoms with Crippen LogP contribution in [0.4, 0.5) is 16.2 Å². The first-order valence-electron chi connectivity index (χ1n) is 8.30. The SMILES string of the molecule is CN1CCN(c2ccccc2NC(=O)NCC2(CO)CC2)CC1. The van der Waals surface area contributed by atoms with Gasteiger partial charge in [-0.1, -0.05) is 12.1 Å². The maximum Gasteiger partial charge on any atom is 0.319 e. The summed E-state index contributed by atoms with van der Waals surface area (Å²) in [6.07, 6.45) is 1.98. The number of anilines is 2. The van der Waals surface area contributed by atoms with Crippen LogP contribution in [0.15, 0.2) is 24.3 Å². The zero-order chi connectivity index (χ0) is 16.3. The molecule has 6 heteroatoms. The van der Waals surface area contributed by atoms with Crippen molar-refractivity contribution in [2.75, 3.05) is 56.6 Å². The summed E-state index contributed by atoms with van der Waals surface area (Å²) in [7, 11) is 2.13. The molecule has 1 saturated carbocycles. The Morgan fingerprint density at radius 2 is 1.91 bits per heavy atom. The van der Waals surface area contributed by atoms with Crippen molar-refractivity contribution in [3.05, 3.63) is 24.3 Å². The summed E-state index contributed by atoms with van der Waals surface area (Å²) < 4.78 is 0. The number of benzene rings is 1. The smallest absolute Gasteiger partial charge is 0.319 e. The number of aliphatic hydroxyl groups is 1. The third-order valence-corrected chi connectivity index (χ3v) is 4.91. The zero-order valence-corrected chi connectivity index (χ0v) is 13.7. The van der Waals surface area contributed by atoms with Crippen LogP contribution in [-0.2, 0) is 0 Å². The largest absolute Gasteiger partial charge is 0.396 e. The van der Waals surface area contributed by atoms with Gasteiger partial charge in [0, 0.05) is 38.1 Å². The van der Waals surface area contributed by atoms with Crippen LogP contribution in [0, 0.1) is 5.41 Å². The fraction of sp³-hybridized carbons (Fsp3) is 0.588. The number of rotatable bonds is 5. The van der Waals surface area contributed by atoms with E-state index in [4.69, 9.17) is 0 Å². The Kier molecular flexibility index (Phi) is 4.73. The number of likely N-dealkylation sites (N-methyl/N-ethyl adjacent to an activating group) is 1. The Labute approximate surface area is 137 Å². The average Bonchev–Trinajstić information content (AvgIpc) is 3.35.